The van der Waals surface area contributed by atoms with Crippen molar-refractivity contribution in [2.24, 2.45) is 0 Å². The van der Waals surface area contributed by atoms with E-state index in [1.807, 2.05) is 0 Å². The van der Waals surface area contributed by atoms with Crippen molar-refractivity contribution >= 4 is 0 Å². The van der Waals surface area contributed by atoms with E-state index in [2.05, 4.69) is 14.9 Å². The second-order valence-corrected chi connectivity index (χ2v) is 4.75. The van der Waals surface area contributed by atoms with Crippen LogP contribution in [0.2, 0.25) is 0 Å². The quantitative estimate of drug-likeness (QED) is 0.698. The van der Waals surface area contributed by atoms with E-state index in [1.165, 1.54) is 30.7 Å². The summed E-state index contributed by atoms with van der Waals surface area (Å²) in [7, 11) is 0. The molecular formula is C16H11F3N2O3. The number of nitrogens with zero attached hydrogens (tertiary/aromatic N) is 2. The average molecular weight is 336 g/mol. The van der Waals surface area contributed by atoms with E-state index >= 15 is 0 Å². The zero-order chi connectivity index (χ0) is 17.0. The number of rotatable bonds is 5. The Morgan fingerprint density at radius 1 is 0.917 bits per heavy atom. The Bertz CT molecular complexity index is 770. The molecular weight excluding hydrogens is 325 g/mol. The summed E-state index contributed by atoms with van der Waals surface area (Å²) < 4.78 is 50.7. The van der Waals surface area contributed by atoms with Gasteiger partial charge in [0.05, 0.1) is 0 Å². The van der Waals surface area contributed by atoms with E-state index in [-0.39, 0.29) is 12.4 Å². The van der Waals surface area contributed by atoms with Crippen molar-refractivity contribution < 1.29 is 27.1 Å². The molecule has 2 aromatic carbocycles. The summed E-state index contributed by atoms with van der Waals surface area (Å²) in [6, 6.07) is 12.5. The third-order valence-corrected chi connectivity index (χ3v) is 3.02. The molecule has 0 amide bonds. The molecule has 5 nitrogen and oxygen atoms in total. The molecule has 3 aromatic rings. The lowest BCUT2D eigenvalue weighted by molar-refractivity contribution is -0.274. The molecule has 0 aliphatic carbocycles. The fourth-order valence-electron chi connectivity index (χ4n) is 1.95. The third kappa shape index (κ3) is 4.25. The lowest BCUT2D eigenvalue weighted by atomic mass is 10.2. The summed E-state index contributed by atoms with van der Waals surface area (Å²) in [4.78, 5) is 0. The molecule has 0 bridgehead atoms. The molecule has 8 heteroatoms. The number of hydrogen-bond donors (Lipinski definition) is 0. The van der Waals surface area contributed by atoms with Crippen LogP contribution in [0.3, 0.4) is 0 Å². The molecule has 0 saturated heterocycles. The van der Waals surface area contributed by atoms with Crippen LogP contribution in [-0.4, -0.2) is 16.6 Å². The van der Waals surface area contributed by atoms with Gasteiger partial charge >= 0.3 is 6.36 Å². The van der Waals surface area contributed by atoms with Gasteiger partial charge in [-0.3, -0.25) is 0 Å². The van der Waals surface area contributed by atoms with Crippen LogP contribution in [0.5, 0.6) is 11.5 Å². The Labute approximate surface area is 134 Å². The van der Waals surface area contributed by atoms with Crippen LogP contribution in [-0.2, 0) is 6.61 Å². The first-order valence-corrected chi connectivity index (χ1v) is 6.84. The molecule has 24 heavy (non-hydrogen) atoms. The average Bonchev–Trinajstić information content (AvgIpc) is 3.08. The molecule has 0 fully saturated rings. The van der Waals surface area contributed by atoms with Gasteiger partial charge in [-0.05, 0) is 42.0 Å². The lowest BCUT2D eigenvalue weighted by Gasteiger charge is -2.10. The normalized spacial score (nSPS) is 11.3. The van der Waals surface area contributed by atoms with Gasteiger partial charge in [0.15, 0.2) is 0 Å². The number of hydrogen-bond acceptors (Lipinski definition) is 5. The zero-order valence-corrected chi connectivity index (χ0v) is 12.2. The molecule has 0 spiro atoms. The maximum Gasteiger partial charge on any atom is 0.573 e. The van der Waals surface area contributed by atoms with Crippen LogP contribution in [0.25, 0.3) is 11.5 Å². The van der Waals surface area contributed by atoms with Crippen molar-refractivity contribution in [3.05, 3.63) is 60.5 Å². The van der Waals surface area contributed by atoms with Crippen molar-refractivity contribution in [2.75, 3.05) is 0 Å². The smallest absolute Gasteiger partial charge is 0.489 e. The minimum atomic E-state index is -4.70. The summed E-state index contributed by atoms with van der Waals surface area (Å²) in [5, 5.41) is 7.39. The standard InChI is InChI=1S/C16H11F3N2O3/c17-16(18,19)24-14-5-1-11(2-6-14)9-22-13-7-3-12(4-8-13)15-21-20-10-23-15/h1-8,10H,9H2. The summed E-state index contributed by atoms with van der Waals surface area (Å²) in [5.41, 5.74) is 1.47. The van der Waals surface area contributed by atoms with E-state index in [1.54, 1.807) is 24.3 Å². The fraction of sp³-hybridized carbons (Fsp3) is 0.125. The van der Waals surface area contributed by atoms with Crippen LogP contribution in [0, 0.1) is 0 Å². The van der Waals surface area contributed by atoms with Crippen molar-refractivity contribution in [3.63, 3.8) is 0 Å². The first kappa shape index (κ1) is 15.9. The second kappa shape index (κ2) is 6.61. The molecule has 0 radical (unpaired) electrons. The van der Waals surface area contributed by atoms with Crippen molar-refractivity contribution in [1.29, 1.82) is 0 Å². The van der Waals surface area contributed by atoms with Gasteiger partial charge in [-0.25, -0.2) is 0 Å². The highest BCUT2D eigenvalue weighted by molar-refractivity contribution is 5.53. The van der Waals surface area contributed by atoms with E-state index in [9.17, 15) is 13.2 Å². The van der Waals surface area contributed by atoms with Crippen LogP contribution in [0.4, 0.5) is 13.2 Å². The highest BCUT2D eigenvalue weighted by atomic mass is 19.4. The zero-order valence-electron chi connectivity index (χ0n) is 12.2. The molecule has 1 heterocycles. The Kier molecular flexibility index (Phi) is 4.37. The van der Waals surface area contributed by atoms with Gasteiger partial charge in [-0.2, -0.15) is 0 Å². The molecule has 1 aromatic heterocycles. The Morgan fingerprint density at radius 2 is 1.58 bits per heavy atom. The first-order valence-electron chi connectivity index (χ1n) is 6.84. The molecule has 0 unspecified atom stereocenters. The lowest BCUT2D eigenvalue weighted by Crippen LogP contribution is -2.17. The van der Waals surface area contributed by atoms with E-state index in [0.717, 1.165) is 5.56 Å². The summed E-state index contributed by atoms with van der Waals surface area (Å²) in [6.07, 6.45) is -3.45. The maximum absolute atomic E-state index is 12.1. The van der Waals surface area contributed by atoms with Gasteiger partial charge in [0.1, 0.15) is 18.1 Å². The second-order valence-electron chi connectivity index (χ2n) is 4.75. The van der Waals surface area contributed by atoms with Gasteiger partial charge in [-0.1, -0.05) is 12.1 Å². The van der Waals surface area contributed by atoms with Gasteiger partial charge < -0.3 is 13.9 Å². The Hall–Kier alpha value is -3.03. The first-order chi connectivity index (χ1) is 11.5. The predicted octanol–water partition coefficient (Wildman–Crippen LogP) is 4.21. The minimum Gasteiger partial charge on any atom is -0.489 e. The monoisotopic (exact) mass is 336 g/mol. The molecule has 0 N–H and O–H groups in total. The van der Waals surface area contributed by atoms with E-state index in [0.29, 0.717) is 17.2 Å². The Balaban J connectivity index is 1.57. The topological polar surface area (TPSA) is 57.4 Å². The fourth-order valence-corrected chi connectivity index (χ4v) is 1.95. The summed E-state index contributed by atoms with van der Waals surface area (Å²) >= 11 is 0. The van der Waals surface area contributed by atoms with Crippen molar-refractivity contribution in [2.45, 2.75) is 13.0 Å². The number of ether oxygens (including phenoxy) is 2. The molecule has 0 aliphatic heterocycles. The molecule has 3 rings (SSSR count). The van der Waals surface area contributed by atoms with Crippen LogP contribution < -0.4 is 9.47 Å². The molecule has 0 atom stereocenters. The molecule has 124 valence electrons. The largest absolute Gasteiger partial charge is 0.573 e. The highest BCUT2D eigenvalue weighted by Gasteiger charge is 2.30. The number of aromatic nitrogens is 2. The van der Waals surface area contributed by atoms with Gasteiger partial charge in [0, 0.05) is 5.56 Å². The summed E-state index contributed by atoms with van der Waals surface area (Å²) in [6.45, 7) is 0.214. The van der Waals surface area contributed by atoms with Crippen molar-refractivity contribution in [1.82, 2.24) is 10.2 Å². The summed E-state index contributed by atoms with van der Waals surface area (Å²) in [5.74, 6) is 0.742. The number of benzene rings is 2. The number of halogens is 3. The molecule has 0 aliphatic rings. The Morgan fingerprint density at radius 3 is 2.17 bits per heavy atom. The van der Waals surface area contributed by atoms with E-state index in [4.69, 9.17) is 9.15 Å². The molecule has 0 saturated carbocycles. The third-order valence-electron chi connectivity index (χ3n) is 3.02. The van der Waals surface area contributed by atoms with Gasteiger partial charge in [0.25, 0.3) is 0 Å². The number of alkyl halides is 3. The highest BCUT2D eigenvalue weighted by Crippen LogP contribution is 2.24. The van der Waals surface area contributed by atoms with Gasteiger partial charge in [0.2, 0.25) is 12.3 Å². The van der Waals surface area contributed by atoms with E-state index < -0.39 is 6.36 Å². The maximum atomic E-state index is 12.1. The van der Waals surface area contributed by atoms with Gasteiger partial charge in [-0.15, -0.1) is 23.4 Å². The van der Waals surface area contributed by atoms with Crippen LogP contribution >= 0.6 is 0 Å². The van der Waals surface area contributed by atoms with Crippen LogP contribution in [0.15, 0.2) is 59.3 Å². The van der Waals surface area contributed by atoms with Crippen molar-refractivity contribution in [3.8, 4) is 23.0 Å². The SMILES string of the molecule is FC(F)(F)Oc1ccc(COc2ccc(-c3nnco3)cc2)cc1. The van der Waals surface area contributed by atoms with Crippen LogP contribution in [0.1, 0.15) is 5.56 Å². The predicted molar refractivity (Wildman–Crippen MR) is 77.2 cm³/mol. The minimum absolute atomic E-state index is 0.214.